The second-order valence-electron chi connectivity index (χ2n) is 4.95. The van der Waals surface area contributed by atoms with Crippen LogP contribution in [0.2, 0.25) is 0 Å². The van der Waals surface area contributed by atoms with Gasteiger partial charge in [0.25, 0.3) is 0 Å². The highest BCUT2D eigenvalue weighted by molar-refractivity contribution is 5.29. The molecule has 0 radical (unpaired) electrons. The van der Waals surface area contributed by atoms with Crippen LogP contribution in [0.25, 0.3) is 0 Å². The van der Waals surface area contributed by atoms with E-state index >= 15 is 0 Å². The molecule has 1 unspecified atom stereocenters. The van der Waals surface area contributed by atoms with E-state index in [0.29, 0.717) is 18.6 Å². The number of aromatic nitrogens is 1. The zero-order valence-electron chi connectivity index (χ0n) is 12.2. The third kappa shape index (κ3) is 7.87. The summed E-state index contributed by atoms with van der Waals surface area (Å²) in [5.41, 5.74) is 7.39. The van der Waals surface area contributed by atoms with E-state index in [-0.39, 0.29) is 19.3 Å². The van der Waals surface area contributed by atoms with Gasteiger partial charge in [0, 0.05) is 24.6 Å². The fraction of sp³-hybridized carbons (Fsp3) is 0.643. The van der Waals surface area contributed by atoms with Crippen LogP contribution in [0, 0.1) is 6.92 Å². The van der Waals surface area contributed by atoms with E-state index < -0.39 is 12.8 Å². The molecule has 1 aromatic rings. The van der Waals surface area contributed by atoms with Crippen molar-refractivity contribution in [1.82, 2.24) is 4.98 Å². The van der Waals surface area contributed by atoms with Crippen molar-refractivity contribution in [3.05, 3.63) is 23.5 Å². The lowest BCUT2D eigenvalue weighted by Gasteiger charge is -2.13. The Balaban J connectivity index is 2.38. The van der Waals surface area contributed by atoms with Gasteiger partial charge in [-0.1, -0.05) is 0 Å². The molecule has 1 aromatic heterocycles. The maximum atomic E-state index is 11.9. The molecule has 1 heterocycles. The van der Waals surface area contributed by atoms with Crippen molar-refractivity contribution < 1.29 is 22.6 Å². The van der Waals surface area contributed by atoms with Crippen LogP contribution in [-0.2, 0) is 11.2 Å². The van der Waals surface area contributed by atoms with Crippen LogP contribution >= 0.6 is 0 Å². The van der Waals surface area contributed by atoms with Crippen LogP contribution in [0.15, 0.2) is 12.1 Å². The van der Waals surface area contributed by atoms with Crippen LogP contribution < -0.4 is 10.5 Å². The van der Waals surface area contributed by atoms with E-state index in [1.807, 2.05) is 19.9 Å². The first-order valence-corrected chi connectivity index (χ1v) is 6.77. The molecule has 0 bridgehead atoms. The minimum absolute atomic E-state index is 0.00141. The fourth-order valence-electron chi connectivity index (χ4n) is 1.71. The number of rotatable bonds is 8. The molecule has 21 heavy (non-hydrogen) atoms. The van der Waals surface area contributed by atoms with Gasteiger partial charge >= 0.3 is 6.18 Å². The second-order valence-corrected chi connectivity index (χ2v) is 4.95. The summed E-state index contributed by atoms with van der Waals surface area (Å²) in [6, 6.07) is 3.58. The van der Waals surface area contributed by atoms with E-state index in [9.17, 15) is 13.2 Å². The van der Waals surface area contributed by atoms with Crippen molar-refractivity contribution in [2.24, 2.45) is 5.73 Å². The fourth-order valence-corrected chi connectivity index (χ4v) is 1.71. The van der Waals surface area contributed by atoms with E-state index in [2.05, 4.69) is 9.72 Å². The summed E-state index contributed by atoms with van der Waals surface area (Å²) >= 11 is 0. The summed E-state index contributed by atoms with van der Waals surface area (Å²) in [4.78, 5) is 4.38. The molecule has 4 nitrogen and oxygen atoms in total. The van der Waals surface area contributed by atoms with Crippen molar-refractivity contribution in [2.45, 2.75) is 38.9 Å². The first-order valence-electron chi connectivity index (χ1n) is 6.77. The molecule has 0 saturated heterocycles. The number of hydrogen-bond acceptors (Lipinski definition) is 4. The Morgan fingerprint density at radius 3 is 2.62 bits per heavy atom. The summed E-state index contributed by atoms with van der Waals surface area (Å²) in [5.74, 6) is 0.619. The third-order valence-corrected chi connectivity index (χ3v) is 2.54. The highest BCUT2D eigenvalue weighted by Crippen LogP contribution is 2.19. The maximum absolute atomic E-state index is 11.9. The van der Waals surface area contributed by atoms with E-state index in [0.717, 1.165) is 11.4 Å². The number of nitrogens with two attached hydrogens (primary N) is 1. The monoisotopic (exact) mass is 306 g/mol. The molecule has 0 amide bonds. The average molecular weight is 306 g/mol. The molecule has 120 valence electrons. The molecule has 7 heteroatoms. The summed E-state index contributed by atoms with van der Waals surface area (Å²) in [6.07, 6.45) is -3.32. The quantitative estimate of drug-likeness (QED) is 0.750. The molecule has 0 aliphatic heterocycles. The molecule has 0 aliphatic rings. The van der Waals surface area contributed by atoms with E-state index in [1.165, 1.54) is 0 Å². The largest absolute Gasteiger partial charge is 0.492 e. The van der Waals surface area contributed by atoms with Gasteiger partial charge in [-0.25, -0.2) is 0 Å². The van der Waals surface area contributed by atoms with Crippen LogP contribution in [0.4, 0.5) is 13.2 Å². The summed E-state index contributed by atoms with van der Waals surface area (Å²) in [6.45, 7) is 2.79. The average Bonchev–Trinajstić information content (AvgIpc) is 2.33. The lowest BCUT2D eigenvalue weighted by atomic mass is 10.1. The van der Waals surface area contributed by atoms with Gasteiger partial charge in [0.05, 0.1) is 18.9 Å². The highest BCUT2D eigenvalue weighted by atomic mass is 19.4. The Labute approximate surface area is 122 Å². The molecule has 1 atom stereocenters. The maximum Gasteiger partial charge on any atom is 0.411 e. The van der Waals surface area contributed by atoms with Crippen molar-refractivity contribution in [2.75, 3.05) is 19.8 Å². The predicted molar refractivity (Wildman–Crippen MR) is 73.3 cm³/mol. The first-order chi connectivity index (χ1) is 9.78. The first kappa shape index (κ1) is 17.7. The zero-order valence-corrected chi connectivity index (χ0v) is 12.2. The molecule has 0 fully saturated rings. The lowest BCUT2D eigenvalue weighted by molar-refractivity contribution is -0.174. The highest BCUT2D eigenvalue weighted by Gasteiger charge is 2.27. The minimum atomic E-state index is -4.29. The number of ether oxygens (including phenoxy) is 2. The third-order valence-electron chi connectivity index (χ3n) is 2.54. The number of halogens is 3. The van der Waals surface area contributed by atoms with Crippen LogP contribution in [0.5, 0.6) is 5.75 Å². The second kappa shape index (κ2) is 8.19. The van der Waals surface area contributed by atoms with Crippen molar-refractivity contribution in [3.8, 4) is 5.75 Å². The molecule has 0 aliphatic carbocycles. The summed E-state index contributed by atoms with van der Waals surface area (Å²) in [7, 11) is 0. The van der Waals surface area contributed by atoms with E-state index in [4.69, 9.17) is 10.5 Å². The van der Waals surface area contributed by atoms with Gasteiger partial charge in [-0.15, -0.1) is 0 Å². The van der Waals surface area contributed by atoms with E-state index in [1.54, 1.807) is 6.07 Å². The van der Waals surface area contributed by atoms with Crippen LogP contribution in [0.3, 0.4) is 0 Å². The number of alkyl halides is 3. The predicted octanol–water partition coefficient (Wildman–Crippen LogP) is 2.63. The number of hydrogen-bond donors (Lipinski definition) is 1. The SMILES string of the molecule is Cc1ccc(OCCCOCC(F)(F)F)c(CC(C)N)n1. The Morgan fingerprint density at radius 1 is 1.29 bits per heavy atom. The minimum Gasteiger partial charge on any atom is -0.492 e. The van der Waals surface area contributed by atoms with Crippen molar-refractivity contribution >= 4 is 0 Å². The number of pyridine rings is 1. The normalized spacial score (nSPS) is 13.2. The van der Waals surface area contributed by atoms with Gasteiger partial charge in [0.1, 0.15) is 12.4 Å². The Morgan fingerprint density at radius 2 is 2.00 bits per heavy atom. The molecule has 0 spiro atoms. The molecular formula is C14H21F3N2O2. The molecule has 2 N–H and O–H groups in total. The molecular weight excluding hydrogens is 285 g/mol. The Hall–Kier alpha value is -1.34. The van der Waals surface area contributed by atoms with Crippen molar-refractivity contribution in [1.29, 1.82) is 0 Å². The molecule has 1 rings (SSSR count). The van der Waals surface area contributed by atoms with Crippen LogP contribution in [0.1, 0.15) is 24.7 Å². The van der Waals surface area contributed by atoms with Gasteiger partial charge in [-0.05, 0) is 26.0 Å². The Kier molecular flexibility index (Phi) is 6.91. The van der Waals surface area contributed by atoms with Crippen LogP contribution in [-0.4, -0.2) is 37.0 Å². The van der Waals surface area contributed by atoms with Crippen molar-refractivity contribution in [3.63, 3.8) is 0 Å². The van der Waals surface area contributed by atoms with Gasteiger partial charge in [-0.3, -0.25) is 4.98 Å². The van der Waals surface area contributed by atoms with Gasteiger partial charge < -0.3 is 15.2 Å². The number of aryl methyl sites for hydroxylation is 1. The van der Waals surface area contributed by atoms with Gasteiger partial charge in [-0.2, -0.15) is 13.2 Å². The summed E-state index contributed by atoms with van der Waals surface area (Å²) in [5, 5.41) is 0. The topological polar surface area (TPSA) is 57.4 Å². The standard InChI is InChI=1S/C14H21F3N2O2/c1-10(18)8-12-13(5-4-11(2)19-12)21-7-3-6-20-9-14(15,16)17/h4-5,10H,3,6-9,18H2,1-2H3. The smallest absolute Gasteiger partial charge is 0.411 e. The number of nitrogens with zero attached hydrogens (tertiary/aromatic N) is 1. The Bertz CT molecular complexity index is 437. The van der Waals surface area contributed by atoms with Gasteiger partial charge in [0.2, 0.25) is 0 Å². The van der Waals surface area contributed by atoms with Gasteiger partial charge in [0.15, 0.2) is 0 Å². The summed E-state index contributed by atoms with van der Waals surface area (Å²) < 4.78 is 45.7. The lowest BCUT2D eigenvalue weighted by Crippen LogP contribution is -2.20. The molecule has 0 saturated carbocycles. The zero-order chi connectivity index (χ0) is 15.9. The molecule has 0 aromatic carbocycles.